The molecule has 0 saturated heterocycles. The third-order valence-electron chi connectivity index (χ3n) is 8.71. The van der Waals surface area contributed by atoms with Crippen LogP contribution in [0.15, 0.2) is 30.3 Å². The number of nitrogens with one attached hydrogen (secondary N) is 6. The summed E-state index contributed by atoms with van der Waals surface area (Å²) in [6.07, 6.45) is -2.19. The topological polar surface area (TPSA) is 359 Å². The lowest BCUT2D eigenvalue weighted by Gasteiger charge is -2.33. The second kappa shape index (κ2) is 25.8. The number of carbonyl (C=O) groups is 8. The van der Waals surface area contributed by atoms with E-state index in [-0.39, 0.29) is 25.8 Å². The maximum absolute atomic E-state index is 13.5. The summed E-state index contributed by atoms with van der Waals surface area (Å²) in [6, 6.07) is -2.42. The van der Waals surface area contributed by atoms with E-state index in [4.69, 9.17) is 5.73 Å². The van der Waals surface area contributed by atoms with Gasteiger partial charge in [-0.1, -0.05) is 30.3 Å². The molecule has 0 saturated carbocycles. The van der Waals surface area contributed by atoms with Crippen LogP contribution in [0.1, 0.15) is 44.6 Å². The summed E-state index contributed by atoms with van der Waals surface area (Å²) in [5.41, 5.74) is 6.16. The van der Waals surface area contributed by atoms with Crippen molar-refractivity contribution in [2.75, 3.05) is 40.5 Å². The lowest BCUT2D eigenvalue weighted by molar-refractivity contribution is -0.147. The van der Waals surface area contributed by atoms with Crippen LogP contribution in [0.5, 0.6) is 0 Å². The summed E-state index contributed by atoms with van der Waals surface area (Å²) >= 11 is 0. The van der Waals surface area contributed by atoms with Gasteiger partial charge in [0.15, 0.2) is 0 Å². The molecule has 57 heavy (non-hydrogen) atoms. The van der Waals surface area contributed by atoms with E-state index in [2.05, 4.69) is 31.9 Å². The number of carboxylic acids is 2. The monoisotopic (exact) mass is 812 g/mol. The van der Waals surface area contributed by atoms with Gasteiger partial charge in [-0.3, -0.25) is 33.6 Å². The largest absolute Gasteiger partial charge is 0.481 e. The van der Waals surface area contributed by atoms with Crippen LogP contribution in [-0.4, -0.2) is 172 Å². The van der Waals surface area contributed by atoms with Crippen molar-refractivity contribution in [3.63, 3.8) is 0 Å². The predicted octanol–water partition coefficient (Wildman–Crippen LogP) is -5.50. The molecule has 22 nitrogen and oxygen atoms in total. The molecule has 0 spiro atoms. The number of aliphatic hydroxyl groups excluding tert-OH is 4. The molecule has 0 bridgehead atoms. The smallest absolute Gasteiger partial charge is 0.326 e. The molecule has 6 amide bonds. The minimum Gasteiger partial charge on any atom is -0.481 e. The molecule has 1 aromatic rings. The number of likely N-dealkylation sites (N-methyl/N-ethyl adjacent to an activating group) is 2. The van der Waals surface area contributed by atoms with Gasteiger partial charge in [0, 0.05) is 19.9 Å². The zero-order valence-electron chi connectivity index (χ0n) is 32.1. The van der Waals surface area contributed by atoms with Crippen molar-refractivity contribution in [3.8, 4) is 0 Å². The van der Waals surface area contributed by atoms with Gasteiger partial charge in [0.1, 0.15) is 42.3 Å². The summed E-state index contributed by atoms with van der Waals surface area (Å²) in [7, 11) is 2.43. The first-order valence-corrected chi connectivity index (χ1v) is 18.1. The van der Waals surface area contributed by atoms with Crippen LogP contribution in [0.4, 0.5) is 0 Å². The highest BCUT2D eigenvalue weighted by Crippen LogP contribution is 2.11. The van der Waals surface area contributed by atoms with Gasteiger partial charge in [0.05, 0.1) is 25.9 Å². The van der Waals surface area contributed by atoms with Crippen LogP contribution in [0.3, 0.4) is 0 Å². The summed E-state index contributed by atoms with van der Waals surface area (Å²) in [4.78, 5) is 103. The molecule has 8 unspecified atom stereocenters. The Morgan fingerprint density at radius 1 is 0.667 bits per heavy atom. The normalized spacial score (nSPS) is 15.2. The van der Waals surface area contributed by atoms with E-state index in [1.165, 1.54) is 7.05 Å². The Hall–Kier alpha value is -5.26. The van der Waals surface area contributed by atoms with Gasteiger partial charge in [0.25, 0.3) is 0 Å². The molecule has 0 radical (unpaired) electrons. The Kier molecular flexibility index (Phi) is 22.5. The highest BCUT2D eigenvalue weighted by atomic mass is 16.4. The summed E-state index contributed by atoms with van der Waals surface area (Å²) in [5.74, 6) is -8.89. The number of carboxylic acid groups (broad SMARTS) is 2. The number of hydrogen-bond donors (Lipinski definition) is 13. The zero-order valence-corrected chi connectivity index (χ0v) is 32.1. The molecule has 320 valence electrons. The van der Waals surface area contributed by atoms with Crippen LogP contribution in [0, 0.1) is 0 Å². The van der Waals surface area contributed by atoms with E-state index < -0.39 is 128 Å². The van der Waals surface area contributed by atoms with Crippen molar-refractivity contribution >= 4 is 47.4 Å². The average Bonchev–Trinajstić information content (AvgIpc) is 3.16. The molecule has 0 aliphatic rings. The Bertz CT molecular complexity index is 1500. The third-order valence-corrected chi connectivity index (χ3v) is 8.71. The lowest BCUT2D eigenvalue weighted by atomic mass is 10.0. The molecule has 22 heteroatoms. The van der Waals surface area contributed by atoms with Gasteiger partial charge in [-0.05, 0) is 51.8 Å². The number of aliphatic hydroxyl groups is 4. The Labute approximate surface area is 328 Å². The van der Waals surface area contributed by atoms with Crippen LogP contribution in [-0.2, 0) is 44.8 Å². The van der Waals surface area contributed by atoms with E-state index >= 15 is 0 Å². The Morgan fingerprint density at radius 2 is 1.14 bits per heavy atom. The van der Waals surface area contributed by atoms with Gasteiger partial charge >= 0.3 is 11.9 Å². The summed E-state index contributed by atoms with van der Waals surface area (Å²) < 4.78 is 0. The van der Waals surface area contributed by atoms with Crippen LogP contribution in [0.25, 0.3) is 0 Å². The van der Waals surface area contributed by atoms with Gasteiger partial charge in [0.2, 0.25) is 35.4 Å². The molecule has 0 aliphatic heterocycles. The number of hydrogen-bond acceptors (Lipinski definition) is 14. The van der Waals surface area contributed by atoms with Crippen LogP contribution < -0.4 is 37.6 Å². The first-order valence-electron chi connectivity index (χ1n) is 18.1. The number of amides is 6. The van der Waals surface area contributed by atoms with E-state index in [1.807, 2.05) is 0 Å². The first-order chi connectivity index (χ1) is 26.9. The molecule has 0 aromatic heterocycles. The average molecular weight is 813 g/mol. The minimum absolute atomic E-state index is 0.0753. The van der Waals surface area contributed by atoms with Gasteiger partial charge in [-0.25, -0.2) is 4.79 Å². The summed E-state index contributed by atoms with van der Waals surface area (Å²) in [6.45, 7) is -1.34. The second-order valence-electron chi connectivity index (χ2n) is 13.1. The van der Waals surface area contributed by atoms with Crippen molar-refractivity contribution in [2.45, 2.75) is 93.8 Å². The van der Waals surface area contributed by atoms with Crippen LogP contribution >= 0.6 is 0 Å². The standard InChI is InChI=1S/C35H56N8O14/c1-19(47)28(43(3)34(55)22(12-13-27(48)49)39-30(51)24(16-44)37-2)33(54)42-26(18-46)31(52)38-21(11-7-8-14-36)29(50)41-25(17-45)32(53)40-23(35(56)57)15-20-9-5-4-6-10-20/h4-6,9-10,19,21-26,28,37,44-47H,7-8,11-18,36H2,1-3H3,(H,38,52)(H,39,51)(H,40,53)(H,41,50)(H,42,54)(H,48,49)(H,56,57). The maximum Gasteiger partial charge on any atom is 0.326 e. The summed E-state index contributed by atoms with van der Waals surface area (Å²) in [5, 5.41) is 72.7. The van der Waals surface area contributed by atoms with Gasteiger partial charge in [-0.15, -0.1) is 0 Å². The van der Waals surface area contributed by atoms with Crippen molar-refractivity contribution in [2.24, 2.45) is 5.73 Å². The SMILES string of the molecule is CNC(CO)C(=O)NC(CCC(=O)O)C(=O)N(C)C(C(=O)NC(CO)C(=O)NC(CCCCN)C(=O)NC(CO)C(=O)NC(Cc1ccccc1)C(=O)O)C(C)O. The number of nitrogens with zero attached hydrogens (tertiary/aromatic N) is 1. The highest BCUT2D eigenvalue weighted by Gasteiger charge is 2.38. The molecule has 1 rings (SSSR count). The number of benzene rings is 1. The quantitative estimate of drug-likeness (QED) is 0.0369. The zero-order chi connectivity index (χ0) is 43.2. The van der Waals surface area contributed by atoms with Crippen molar-refractivity contribution < 1.29 is 69.0 Å². The predicted molar refractivity (Wildman–Crippen MR) is 200 cm³/mol. The van der Waals surface area contributed by atoms with Crippen molar-refractivity contribution in [1.82, 2.24) is 36.8 Å². The fourth-order valence-corrected chi connectivity index (χ4v) is 5.48. The second-order valence-corrected chi connectivity index (χ2v) is 13.1. The van der Waals surface area contributed by atoms with E-state index in [1.54, 1.807) is 30.3 Å². The van der Waals surface area contributed by atoms with Gasteiger partial charge < -0.3 is 73.2 Å². The molecular formula is C35H56N8O14. The fourth-order valence-electron chi connectivity index (χ4n) is 5.48. The van der Waals surface area contributed by atoms with E-state index in [0.717, 1.165) is 14.0 Å². The molecular weight excluding hydrogens is 756 g/mol. The maximum atomic E-state index is 13.5. The molecule has 1 aromatic carbocycles. The third kappa shape index (κ3) is 16.8. The Balaban J connectivity index is 3.19. The molecule has 8 atom stereocenters. The highest BCUT2D eigenvalue weighted by molar-refractivity contribution is 5.97. The molecule has 0 heterocycles. The number of unbranched alkanes of at least 4 members (excludes halogenated alkanes) is 1. The Morgan fingerprint density at radius 3 is 1.61 bits per heavy atom. The van der Waals surface area contributed by atoms with E-state index in [0.29, 0.717) is 16.9 Å². The number of nitrogens with two attached hydrogens (primary N) is 1. The lowest BCUT2D eigenvalue weighted by Crippen LogP contribution is -2.62. The number of rotatable bonds is 27. The number of aliphatic carboxylic acids is 2. The molecule has 0 aliphatic carbocycles. The van der Waals surface area contributed by atoms with Crippen molar-refractivity contribution in [1.29, 1.82) is 0 Å². The molecule has 14 N–H and O–H groups in total. The van der Waals surface area contributed by atoms with E-state index in [9.17, 15) is 69.0 Å². The fraction of sp³-hybridized carbons (Fsp3) is 0.600. The van der Waals surface area contributed by atoms with Gasteiger partial charge in [-0.2, -0.15) is 0 Å². The van der Waals surface area contributed by atoms with Crippen molar-refractivity contribution in [3.05, 3.63) is 35.9 Å². The first kappa shape index (κ1) is 49.8. The molecule has 0 fully saturated rings. The number of carbonyl (C=O) groups excluding carboxylic acids is 6. The minimum atomic E-state index is -1.79. The van der Waals surface area contributed by atoms with Crippen LogP contribution in [0.2, 0.25) is 0 Å².